The molecular formula is C20H26N2O3. The summed E-state index contributed by atoms with van der Waals surface area (Å²) in [6.45, 7) is 3.82. The molecule has 0 aliphatic heterocycles. The molecule has 2 aromatic carbocycles. The molecule has 0 aliphatic rings. The van der Waals surface area contributed by atoms with Crippen LogP contribution in [0.3, 0.4) is 0 Å². The van der Waals surface area contributed by atoms with E-state index in [1.807, 2.05) is 61.5 Å². The Balaban J connectivity index is 1.93. The molecule has 0 bridgehead atoms. The van der Waals surface area contributed by atoms with E-state index < -0.39 is 5.60 Å². The van der Waals surface area contributed by atoms with Gasteiger partial charge in [0, 0.05) is 0 Å². The third-order valence-electron chi connectivity index (χ3n) is 4.22. The van der Waals surface area contributed by atoms with Gasteiger partial charge in [0.15, 0.2) is 0 Å². The van der Waals surface area contributed by atoms with Crippen molar-refractivity contribution in [3.05, 3.63) is 65.7 Å². The molecule has 25 heavy (non-hydrogen) atoms. The number of carbonyl (C=O) groups excluding carboxylic acids is 1. The van der Waals surface area contributed by atoms with Crippen molar-refractivity contribution in [2.75, 3.05) is 13.7 Å². The normalized spacial score (nSPS) is 14.2. The monoisotopic (exact) mass is 342 g/mol. The zero-order valence-electron chi connectivity index (χ0n) is 15.0. The zero-order chi connectivity index (χ0) is 18.3. The first-order valence-corrected chi connectivity index (χ1v) is 8.42. The number of carbonyl (C=O) groups is 1. The van der Waals surface area contributed by atoms with Crippen LogP contribution in [0.4, 0.5) is 4.79 Å². The van der Waals surface area contributed by atoms with Gasteiger partial charge >= 0.3 is 6.03 Å². The van der Waals surface area contributed by atoms with Crippen LogP contribution >= 0.6 is 0 Å². The highest BCUT2D eigenvalue weighted by Crippen LogP contribution is 2.21. The molecule has 0 aliphatic carbocycles. The van der Waals surface area contributed by atoms with Crippen molar-refractivity contribution in [2.24, 2.45) is 0 Å². The number of urea groups is 1. The van der Waals surface area contributed by atoms with Gasteiger partial charge in [-0.2, -0.15) is 0 Å². The van der Waals surface area contributed by atoms with E-state index in [-0.39, 0.29) is 18.6 Å². The highest BCUT2D eigenvalue weighted by molar-refractivity contribution is 5.74. The molecule has 0 radical (unpaired) electrons. The predicted octanol–water partition coefficient (Wildman–Crippen LogP) is 3.35. The topological polar surface area (TPSA) is 70.6 Å². The summed E-state index contributed by atoms with van der Waals surface area (Å²) in [6, 6.07) is 16.5. The smallest absolute Gasteiger partial charge is 0.315 e. The van der Waals surface area contributed by atoms with E-state index in [2.05, 4.69) is 10.6 Å². The summed E-state index contributed by atoms with van der Waals surface area (Å²) in [5.74, 6) is 0.780. The summed E-state index contributed by atoms with van der Waals surface area (Å²) in [6.07, 6.45) is 0.759. The zero-order valence-corrected chi connectivity index (χ0v) is 15.0. The first kappa shape index (κ1) is 18.8. The van der Waals surface area contributed by atoms with Gasteiger partial charge in [-0.1, -0.05) is 49.4 Å². The summed E-state index contributed by atoms with van der Waals surface area (Å²) in [5, 5.41) is 16.2. The summed E-state index contributed by atoms with van der Waals surface area (Å²) >= 11 is 0. The number of amides is 2. The Bertz CT molecular complexity index is 669. The number of nitrogens with one attached hydrogen (secondary N) is 2. The molecule has 0 aromatic heterocycles. The molecule has 0 fully saturated rings. The molecule has 3 N–H and O–H groups in total. The van der Waals surface area contributed by atoms with Crippen LogP contribution < -0.4 is 15.4 Å². The van der Waals surface area contributed by atoms with Gasteiger partial charge in [-0.05, 0) is 36.6 Å². The minimum Gasteiger partial charge on any atom is -0.497 e. The molecule has 2 atom stereocenters. The summed E-state index contributed by atoms with van der Waals surface area (Å²) in [4.78, 5) is 12.2. The maximum atomic E-state index is 12.2. The van der Waals surface area contributed by atoms with Crippen LogP contribution in [0.25, 0.3) is 0 Å². The van der Waals surface area contributed by atoms with E-state index in [4.69, 9.17) is 4.74 Å². The van der Waals surface area contributed by atoms with Gasteiger partial charge in [-0.3, -0.25) is 0 Å². The van der Waals surface area contributed by atoms with Crippen molar-refractivity contribution in [3.8, 4) is 5.75 Å². The van der Waals surface area contributed by atoms with Crippen LogP contribution in [0.2, 0.25) is 0 Å². The maximum Gasteiger partial charge on any atom is 0.315 e. The fourth-order valence-electron chi connectivity index (χ4n) is 2.62. The lowest BCUT2D eigenvalue weighted by atomic mass is 9.96. The highest BCUT2D eigenvalue weighted by atomic mass is 16.5. The number of hydrogen-bond acceptors (Lipinski definition) is 3. The van der Waals surface area contributed by atoms with Gasteiger partial charge in [-0.25, -0.2) is 4.79 Å². The number of benzene rings is 2. The van der Waals surface area contributed by atoms with E-state index >= 15 is 0 Å². The number of methoxy groups -OCH3 is 1. The Morgan fingerprint density at radius 1 is 1.16 bits per heavy atom. The Morgan fingerprint density at radius 2 is 1.80 bits per heavy atom. The van der Waals surface area contributed by atoms with Crippen molar-refractivity contribution in [1.29, 1.82) is 0 Å². The van der Waals surface area contributed by atoms with Crippen LogP contribution in [0.5, 0.6) is 5.75 Å². The Labute approximate surface area is 149 Å². The Hall–Kier alpha value is -2.53. The third-order valence-corrected chi connectivity index (χ3v) is 4.22. The highest BCUT2D eigenvalue weighted by Gasteiger charge is 2.24. The van der Waals surface area contributed by atoms with Crippen molar-refractivity contribution < 1.29 is 14.6 Å². The van der Waals surface area contributed by atoms with Gasteiger partial charge in [0.05, 0.1) is 19.7 Å². The lowest BCUT2D eigenvalue weighted by Crippen LogP contribution is -2.44. The van der Waals surface area contributed by atoms with Gasteiger partial charge in [0.25, 0.3) is 0 Å². The molecule has 5 heteroatoms. The van der Waals surface area contributed by atoms with Gasteiger partial charge in [-0.15, -0.1) is 0 Å². The van der Waals surface area contributed by atoms with Crippen molar-refractivity contribution in [3.63, 3.8) is 0 Å². The number of rotatable bonds is 7. The summed E-state index contributed by atoms with van der Waals surface area (Å²) in [7, 11) is 1.62. The third kappa shape index (κ3) is 5.22. The summed E-state index contributed by atoms with van der Waals surface area (Å²) in [5.41, 5.74) is 0.645. The predicted molar refractivity (Wildman–Crippen MR) is 98.6 cm³/mol. The second-order valence-electron chi connectivity index (χ2n) is 6.20. The first-order valence-electron chi connectivity index (χ1n) is 8.42. The van der Waals surface area contributed by atoms with Crippen LogP contribution in [0.15, 0.2) is 54.6 Å². The average Bonchev–Trinajstić information content (AvgIpc) is 2.65. The molecule has 0 spiro atoms. The van der Waals surface area contributed by atoms with Crippen LogP contribution in [-0.2, 0) is 5.60 Å². The molecule has 2 aromatic rings. The molecule has 2 unspecified atom stereocenters. The van der Waals surface area contributed by atoms with E-state index in [9.17, 15) is 9.90 Å². The summed E-state index contributed by atoms with van der Waals surface area (Å²) < 4.78 is 5.15. The minimum absolute atomic E-state index is 0.104. The maximum absolute atomic E-state index is 12.2. The Morgan fingerprint density at radius 3 is 2.36 bits per heavy atom. The van der Waals surface area contributed by atoms with Gasteiger partial charge in [0.1, 0.15) is 11.4 Å². The second-order valence-corrected chi connectivity index (χ2v) is 6.20. The van der Waals surface area contributed by atoms with Crippen molar-refractivity contribution in [2.45, 2.75) is 31.9 Å². The van der Waals surface area contributed by atoms with Crippen LogP contribution in [0.1, 0.15) is 37.4 Å². The fourth-order valence-corrected chi connectivity index (χ4v) is 2.62. The number of ether oxygens (including phenoxy) is 1. The largest absolute Gasteiger partial charge is 0.497 e. The van der Waals surface area contributed by atoms with Gasteiger partial charge in [0.2, 0.25) is 0 Å². The molecular weight excluding hydrogens is 316 g/mol. The average molecular weight is 342 g/mol. The molecule has 0 heterocycles. The van der Waals surface area contributed by atoms with Crippen molar-refractivity contribution in [1.82, 2.24) is 10.6 Å². The van der Waals surface area contributed by atoms with E-state index in [0.717, 1.165) is 23.3 Å². The minimum atomic E-state index is -1.12. The van der Waals surface area contributed by atoms with E-state index in [1.165, 1.54) is 0 Å². The van der Waals surface area contributed by atoms with E-state index in [1.54, 1.807) is 14.0 Å². The van der Waals surface area contributed by atoms with Crippen molar-refractivity contribution >= 4 is 6.03 Å². The lowest BCUT2D eigenvalue weighted by molar-refractivity contribution is 0.0592. The Kier molecular flexibility index (Phi) is 6.42. The number of aliphatic hydroxyl groups is 1. The molecule has 0 saturated heterocycles. The van der Waals surface area contributed by atoms with Crippen LogP contribution in [-0.4, -0.2) is 24.8 Å². The molecule has 0 saturated carbocycles. The second kappa shape index (κ2) is 8.53. The molecule has 2 rings (SSSR count). The fraction of sp³-hybridized carbons (Fsp3) is 0.350. The van der Waals surface area contributed by atoms with Gasteiger partial charge < -0.3 is 20.5 Å². The molecule has 134 valence electrons. The SMILES string of the molecule is CCC(NC(=O)NCC(C)(O)c1ccccc1)c1ccc(OC)cc1. The molecule has 5 nitrogen and oxygen atoms in total. The number of hydrogen-bond donors (Lipinski definition) is 3. The van der Waals surface area contributed by atoms with E-state index in [0.29, 0.717) is 0 Å². The first-order chi connectivity index (χ1) is 12.0. The molecule has 2 amide bonds. The lowest BCUT2D eigenvalue weighted by Gasteiger charge is -2.25. The standard InChI is InChI=1S/C20H26N2O3/c1-4-18(15-10-12-17(25-3)13-11-15)22-19(23)21-14-20(2,24)16-8-6-5-7-9-16/h5-13,18,24H,4,14H2,1-3H3,(H2,21,22,23). The van der Waals surface area contributed by atoms with Crippen LogP contribution in [0, 0.1) is 0 Å². The quantitative estimate of drug-likeness (QED) is 0.723.